The largest absolute Gasteiger partial charge is 0.493 e. The second-order valence-corrected chi connectivity index (χ2v) is 5.67. The molecular formula is C18H19N3O2. The van der Waals surface area contributed by atoms with Crippen molar-refractivity contribution in [1.82, 2.24) is 0 Å². The lowest BCUT2D eigenvalue weighted by molar-refractivity contribution is 0.352. The summed E-state index contributed by atoms with van der Waals surface area (Å²) in [6.07, 6.45) is 1.53. The van der Waals surface area contributed by atoms with Crippen LogP contribution in [0, 0.1) is 0 Å². The van der Waals surface area contributed by atoms with Crippen molar-refractivity contribution in [3.05, 3.63) is 69.6 Å². The summed E-state index contributed by atoms with van der Waals surface area (Å²) in [5.74, 6) is 1.63. The molecule has 118 valence electrons. The first kappa shape index (κ1) is 15.3. The normalized spacial score (nSPS) is 19.4. The first-order chi connectivity index (χ1) is 11.3. The first-order valence-corrected chi connectivity index (χ1v) is 7.60. The number of hydrogen-bond acceptors (Lipinski definition) is 3. The van der Waals surface area contributed by atoms with Crippen LogP contribution in [0.2, 0.25) is 0 Å². The zero-order valence-electron chi connectivity index (χ0n) is 13.3. The summed E-state index contributed by atoms with van der Waals surface area (Å²) < 4.78 is 10.9. The zero-order chi connectivity index (χ0) is 16.2. The molecule has 0 N–H and O–H groups in total. The smallest absolute Gasteiger partial charge is 0.161 e. The Balaban J connectivity index is 2.12. The summed E-state index contributed by atoms with van der Waals surface area (Å²) >= 11 is 0. The van der Waals surface area contributed by atoms with E-state index >= 15 is 0 Å². The molecule has 0 aromatic heterocycles. The molecule has 0 bridgehead atoms. The second kappa shape index (κ2) is 6.63. The molecule has 0 spiro atoms. The van der Waals surface area contributed by atoms with Gasteiger partial charge in [0.15, 0.2) is 11.5 Å². The summed E-state index contributed by atoms with van der Waals surface area (Å²) in [5.41, 5.74) is 12.4. The molecule has 0 unspecified atom stereocenters. The van der Waals surface area contributed by atoms with Crippen molar-refractivity contribution in [2.75, 3.05) is 14.2 Å². The van der Waals surface area contributed by atoms with Gasteiger partial charge in [-0.15, -0.1) is 0 Å². The van der Waals surface area contributed by atoms with Crippen molar-refractivity contribution in [2.45, 2.75) is 24.8 Å². The summed E-state index contributed by atoms with van der Waals surface area (Å²) in [5, 5.41) is 3.96. The zero-order valence-corrected chi connectivity index (χ0v) is 13.3. The number of hydrogen-bond donors (Lipinski definition) is 0. The van der Waals surface area contributed by atoms with Crippen LogP contribution in [0.5, 0.6) is 11.5 Å². The number of azide groups is 1. The Kier molecular flexibility index (Phi) is 4.40. The van der Waals surface area contributed by atoms with Crippen molar-refractivity contribution in [2.24, 2.45) is 5.11 Å². The van der Waals surface area contributed by atoms with Gasteiger partial charge in [-0.1, -0.05) is 35.4 Å². The molecular weight excluding hydrogens is 290 g/mol. The third kappa shape index (κ3) is 2.96. The molecule has 0 fully saturated rings. The van der Waals surface area contributed by atoms with Gasteiger partial charge in [-0.25, -0.2) is 0 Å². The molecule has 1 aliphatic carbocycles. The van der Waals surface area contributed by atoms with E-state index < -0.39 is 0 Å². The molecule has 3 rings (SSSR count). The molecule has 0 amide bonds. The van der Waals surface area contributed by atoms with Gasteiger partial charge in [0, 0.05) is 16.9 Å². The number of nitrogens with zero attached hydrogens (tertiary/aromatic N) is 3. The lowest BCUT2D eigenvalue weighted by atomic mass is 9.76. The summed E-state index contributed by atoms with van der Waals surface area (Å²) in [4.78, 5) is 3.01. The van der Waals surface area contributed by atoms with Crippen LogP contribution >= 0.6 is 0 Å². The molecule has 0 aliphatic heterocycles. The van der Waals surface area contributed by atoms with Crippen molar-refractivity contribution in [3.63, 3.8) is 0 Å². The molecule has 1 aliphatic rings. The summed E-state index contributed by atoms with van der Waals surface area (Å²) in [6.45, 7) is 0. The third-order valence-corrected chi connectivity index (χ3v) is 4.40. The van der Waals surface area contributed by atoms with Gasteiger partial charge < -0.3 is 9.47 Å². The fourth-order valence-corrected chi connectivity index (χ4v) is 3.34. The summed E-state index contributed by atoms with van der Waals surface area (Å²) in [6, 6.07) is 14.3. The molecule has 5 nitrogen and oxygen atoms in total. The van der Waals surface area contributed by atoms with Gasteiger partial charge in [0.1, 0.15) is 0 Å². The van der Waals surface area contributed by atoms with Crippen molar-refractivity contribution >= 4 is 0 Å². The Morgan fingerprint density at radius 1 is 1.09 bits per heavy atom. The van der Waals surface area contributed by atoms with E-state index in [0.29, 0.717) is 5.75 Å². The molecule has 0 saturated carbocycles. The highest BCUT2D eigenvalue weighted by atomic mass is 16.5. The van der Waals surface area contributed by atoms with E-state index in [0.717, 1.165) is 24.2 Å². The van der Waals surface area contributed by atoms with Crippen LogP contribution in [0.3, 0.4) is 0 Å². The highest BCUT2D eigenvalue weighted by Gasteiger charge is 2.29. The van der Waals surface area contributed by atoms with Crippen LogP contribution in [0.4, 0.5) is 0 Å². The minimum atomic E-state index is -0.0455. The Bertz CT molecular complexity index is 739. The highest BCUT2D eigenvalue weighted by Crippen LogP contribution is 2.42. The van der Waals surface area contributed by atoms with E-state index in [2.05, 4.69) is 28.2 Å². The van der Waals surface area contributed by atoms with E-state index in [1.165, 1.54) is 11.1 Å². The average molecular weight is 309 g/mol. The summed E-state index contributed by atoms with van der Waals surface area (Å²) in [7, 11) is 3.28. The minimum Gasteiger partial charge on any atom is -0.493 e. The van der Waals surface area contributed by atoms with Crippen LogP contribution in [-0.4, -0.2) is 20.3 Å². The van der Waals surface area contributed by atoms with Gasteiger partial charge in [-0.3, -0.25) is 0 Å². The minimum absolute atomic E-state index is 0.0455. The van der Waals surface area contributed by atoms with E-state index in [-0.39, 0.29) is 12.0 Å². The SMILES string of the molecule is COc1cc2c(cc1OC)[C@@H](c1ccccc1)C[C@@H](N=[N+]=[N-])C2. The Labute approximate surface area is 135 Å². The second-order valence-electron chi connectivity index (χ2n) is 5.67. The van der Waals surface area contributed by atoms with E-state index in [1.54, 1.807) is 14.2 Å². The van der Waals surface area contributed by atoms with Crippen LogP contribution in [0.1, 0.15) is 29.0 Å². The van der Waals surface area contributed by atoms with Crippen molar-refractivity contribution in [3.8, 4) is 11.5 Å². The Morgan fingerprint density at radius 3 is 2.43 bits per heavy atom. The predicted octanol–water partition coefficient (Wildman–Crippen LogP) is 4.46. The van der Waals surface area contributed by atoms with Crippen LogP contribution < -0.4 is 9.47 Å². The molecule has 0 radical (unpaired) electrons. The average Bonchev–Trinajstić information content (AvgIpc) is 2.61. The van der Waals surface area contributed by atoms with Crippen LogP contribution in [-0.2, 0) is 6.42 Å². The molecule has 2 atom stereocenters. The van der Waals surface area contributed by atoms with Gasteiger partial charge >= 0.3 is 0 Å². The molecule has 23 heavy (non-hydrogen) atoms. The number of benzene rings is 2. The van der Waals surface area contributed by atoms with Gasteiger partial charge in [0.25, 0.3) is 0 Å². The maximum atomic E-state index is 8.82. The van der Waals surface area contributed by atoms with Gasteiger partial charge in [0.2, 0.25) is 0 Å². The number of rotatable bonds is 4. The third-order valence-electron chi connectivity index (χ3n) is 4.40. The molecule has 5 heteroatoms. The Hall–Kier alpha value is -2.65. The van der Waals surface area contributed by atoms with E-state index in [9.17, 15) is 0 Å². The molecule has 2 aromatic carbocycles. The quantitative estimate of drug-likeness (QED) is 0.475. The first-order valence-electron chi connectivity index (χ1n) is 7.60. The van der Waals surface area contributed by atoms with Gasteiger partial charge in [0.05, 0.1) is 14.2 Å². The standard InChI is InChI=1S/C18H19N3O2/c1-22-17-9-13-8-14(20-21-19)10-15(12-6-4-3-5-7-12)16(13)11-18(17)23-2/h3-7,9,11,14-15H,8,10H2,1-2H3/t14-,15+/m0/s1. The van der Waals surface area contributed by atoms with Gasteiger partial charge in [-0.05, 0) is 47.2 Å². The van der Waals surface area contributed by atoms with Crippen molar-refractivity contribution < 1.29 is 9.47 Å². The number of ether oxygens (including phenoxy) is 2. The predicted molar refractivity (Wildman–Crippen MR) is 89.1 cm³/mol. The fraction of sp³-hybridized carbons (Fsp3) is 0.333. The van der Waals surface area contributed by atoms with E-state index in [4.69, 9.17) is 15.0 Å². The topological polar surface area (TPSA) is 67.2 Å². The van der Waals surface area contributed by atoms with Gasteiger partial charge in [-0.2, -0.15) is 0 Å². The van der Waals surface area contributed by atoms with Crippen LogP contribution in [0.25, 0.3) is 10.4 Å². The Morgan fingerprint density at radius 2 is 1.78 bits per heavy atom. The maximum absolute atomic E-state index is 8.82. The number of methoxy groups -OCH3 is 2. The monoisotopic (exact) mass is 309 g/mol. The molecule has 2 aromatic rings. The lowest BCUT2D eigenvalue weighted by Crippen LogP contribution is -2.22. The molecule has 0 heterocycles. The fourth-order valence-electron chi connectivity index (χ4n) is 3.34. The lowest BCUT2D eigenvalue weighted by Gasteiger charge is -2.30. The molecule has 0 saturated heterocycles. The highest BCUT2D eigenvalue weighted by molar-refractivity contribution is 5.52. The van der Waals surface area contributed by atoms with Crippen molar-refractivity contribution in [1.29, 1.82) is 0 Å². The van der Waals surface area contributed by atoms with E-state index in [1.807, 2.05) is 24.3 Å². The number of fused-ring (bicyclic) bond motifs is 1. The maximum Gasteiger partial charge on any atom is 0.161 e. The van der Waals surface area contributed by atoms with Crippen LogP contribution in [0.15, 0.2) is 47.6 Å².